The summed E-state index contributed by atoms with van der Waals surface area (Å²) >= 11 is 7.39. The second kappa shape index (κ2) is 7.01. The Labute approximate surface area is 171 Å². The van der Waals surface area contributed by atoms with E-state index in [0.29, 0.717) is 6.42 Å². The second-order valence-electron chi connectivity index (χ2n) is 7.39. The summed E-state index contributed by atoms with van der Waals surface area (Å²) in [7, 11) is 0. The molecule has 136 valence electrons. The fourth-order valence-corrected chi connectivity index (χ4v) is 5.42. The van der Waals surface area contributed by atoms with Crippen LogP contribution in [0.3, 0.4) is 0 Å². The second-order valence-corrected chi connectivity index (χ2v) is 9.22. The predicted molar refractivity (Wildman–Crippen MR) is 116 cm³/mol. The van der Waals surface area contributed by atoms with Crippen LogP contribution in [-0.2, 0) is 5.41 Å². The molecule has 3 nitrogen and oxygen atoms in total. The van der Waals surface area contributed by atoms with Gasteiger partial charge in [0.15, 0.2) is 0 Å². The van der Waals surface area contributed by atoms with Crippen molar-refractivity contribution in [2.75, 3.05) is 11.4 Å². The van der Waals surface area contributed by atoms with Crippen LogP contribution in [0, 0.1) is 5.41 Å². The van der Waals surface area contributed by atoms with Gasteiger partial charge >= 0.3 is 0 Å². The molecule has 1 aliphatic heterocycles. The number of anilines is 2. The highest BCUT2D eigenvalue weighted by atomic mass is 79.9. The Hall–Kier alpha value is -1.33. The van der Waals surface area contributed by atoms with Crippen LogP contribution in [0.15, 0.2) is 45.3 Å². The van der Waals surface area contributed by atoms with Gasteiger partial charge in [-0.05, 0) is 60.4 Å². The maximum Gasteiger partial charge on any atom is 0.0923 e. The molecular weight excluding hydrogens is 454 g/mol. The first-order chi connectivity index (χ1) is 12.5. The topological polar surface area (TPSA) is 53.1 Å². The molecule has 0 atom stereocenters. The molecule has 1 spiro atoms. The first-order valence-electron chi connectivity index (χ1n) is 9.22. The van der Waals surface area contributed by atoms with Gasteiger partial charge in [-0.1, -0.05) is 51.1 Å². The summed E-state index contributed by atoms with van der Waals surface area (Å²) in [6.45, 7) is 0.731. The van der Waals surface area contributed by atoms with E-state index in [0.717, 1.165) is 15.5 Å². The third-order valence-corrected chi connectivity index (χ3v) is 6.83. The van der Waals surface area contributed by atoms with Gasteiger partial charge in [-0.2, -0.15) is 0 Å². The molecular formula is C21H23Br2N3. The van der Waals surface area contributed by atoms with Gasteiger partial charge in [-0.25, -0.2) is 0 Å². The molecule has 0 unspecified atom stereocenters. The third-order valence-electron chi connectivity index (χ3n) is 5.84. The molecule has 1 saturated carbocycles. The number of nitrogens with zero attached hydrogens (tertiary/aromatic N) is 1. The van der Waals surface area contributed by atoms with E-state index in [4.69, 9.17) is 11.1 Å². The number of benzene rings is 2. The Balaban J connectivity index is 1.94. The van der Waals surface area contributed by atoms with Gasteiger partial charge in [-0.3, -0.25) is 5.41 Å². The standard InChI is InChI=1S/C21H23Br2N3/c22-14-4-6-18-16(12-14)21(9-2-1-3-10-21)17-13-15(23)5-7-19(17)26(18)11-8-20(24)25/h4-7,12-13H,1-3,8-11H2,(H3,24,25). The Morgan fingerprint density at radius 1 is 0.962 bits per heavy atom. The van der Waals surface area contributed by atoms with E-state index >= 15 is 0 Å². The van der Waals surface area contributed by atoms with Gasteiger partial charge in [0, 0.05) is 38.7 Å². The van der Waals surface area contributed by atoms with E-state index in [1.54, 1.807) is 0 Å². The summed E-state index contributed by atoms with van der Waals surface area (Å²) in [5.74, 6) is 0.236. The molecule has 1 heterocycles. The minimum absolute atomic E-state index is 0.0865. The number of hydrogen-bond donors (Lipinski definition) is 2. The maximum absolute atomic E-state index is 7.67. The number of hydrogen-bond acceptors (Lipinski definition) is 2. The normalized spacial score (nSPS) is 17.7. The molecule has 0 bridgehead atoms. The molecule has 1 fully saturated rings. The average molecular weight is 477 g/mol. The molecule has 4 rings (SSSR count). The Bertz CT molecular complexity index is 801. The summed E-state index contributed by atoms with van der Waals surface area (Å²) in [4.78, 5) is 2.35. The summed E-state index contributed by atoms with van der Waals surface area (Å²) in [6.07, 6.45) is 6.82. The van der Waals surface area contributed by atoms with Gasteiger partial charge in [-0.15, -0.1) is 0 Å². The Morgan fingerprint density at radius 2 is 1.50 bits per heavy atom. The molecule has 2 aromatic rings. The molecule has 0 amide bonds. The molecule has 26 heavy (non-hydrogen) atoms. The molecule has 2 aromatic carbocycles. The Morgan fingerprint density at radius 3 is 2.00 bits per heavy atom. The molecule has 2 aliphatic rings. The lowest BCUT2D eigenvalue weighted by atomic mass is 9.63. The monoisotopic (exact) mass is 475 g/mol. The summed E-state index contributed by atoms with van der Waals surface area (Å²) in [5.41, 5.74) is 11.1. The van der Waals surface area contributed by atoms with E-state index < -0.39 is 0 Å². The lowest BCUT2D eigenvalue weighted by Crippen LogP contribution is -2.39. The van der Waals surface area contributed by atoms with Crippen LogP contribution in [0.25, 0.3) is 0 Å². The Kier molecular flexibility index (Phi) is 4.86. The van der Waals surface area contributed by atoms with Crippen molar-refractivity contribution in [1.82, 2.24) is 0 Å². The molecule has 3 N–H and O–H groups in total. The lowest BCUT2D eigenvalue weighted by molar-refractivity contribution is 0.343. The average Bonchev–Trinajstić information content (AvgIpc) is 2.63. The van der Waals surface area contributed by atoms with Gasteiger partial charge in [0.2, 0.25) is 0 Å². The van der Waals surface area contributed by atoms with Gasteiger partial charge in [0.05, 0.1) is 5.84 Å². The molecule has 0 radical (unpaired) electrons. The van der Waals surface area contributed by atoms with Crippen molar-refractivity contribution >= 4 is 49.1 Å². The fraction of sp³-hybridized carbons (Fsp3) is 0.381. The highest BCUT2D eigenvalue weighted by molar-refractivity contribution is 9.10. The summed E-state index contributed by atoms with van der Waals surface area (Å²) in [6, 6.07) is 13.3. The highest BCUT2D eigenvalue weighted by Gasteiger charge is 2.43. The number of rotatable bonds is 3. The SMILES string of the molecule is N=C(N)CCN1c2ccc(Br)cc2C2(CCCCC2)c2cc(Br)ccc21. The quantitative estimate of drug-likeness (QED) is 0.406. The van der Waals surface area contributed by atoms with Crippen molar-refractivity contribution < 1.29 is 0 Å². The zero-order valence-corrected chi connectivity index (χ0v) is 17.9. The van der Waals surface area contributed by atoms with E-state index in [9.17, 15) is 0 Å². The molecule has 0 aromatic heterocycles. The molecule has 1 aliphatic carbocycles. The van der Waals surface area contributed by atoms with Crippen LogP contribution in [0.4, 0.5) is 11.4 Å². The number of nitrogens with two attached hydrogens (primary N) is 1. The maximum atomic E-state index is 7.67. The number of amidine groups is 1. The van der Waals surface area contributed by atoms with Crippen molar-refractivity contribution in [1.29, 1.82) is 5.41 Å². The van der Waals surface area contributed by atoms with E-state index in [1.807, 2.05) is 0 Å². The highest BCUT2D eigenvalue weighted by Crippen LogP contribution is 2.56. The van der Waals surface area contributed by atoms with E-state index in [2.05, 4.69) is 73.2 Å². The number of nitrogens with one attached hydrogen (secondary N) is 1. The lowest BCUT2D eigenvalue weighted by Gasteiger charge is -2.48. The van der Waals surface area contributed by atoms with Crippen molar-refractivity contribution in [3.05, 3.63) is 56.5 Å². The van der Waals surface area contributed by atoms with Crippen LogP contribution in [0.1, 0.15) is 49.7 Å². The predicted octanol–water partition coefficient (Wildman–Crippen LogP) is 6.24. The van der Waals surface area contributed by atoms with Crippen molar-refractivity contribution in [3.8, 4) is 0 Å². The third kappa shape index (κ3) is 2.99. The van der Waals surface area contributed by atoms with Crippen molar-refractivity contribution in [2.24, 2.45) is 5.73 Å². The molecule has 0 saturated heterocycles. The first kappa shape index (κ1) is 18.1. The van der Waals surface area contributed by atoms with E-state index in [-0.39, 0.29) is 11.3 Å². The zero-order chi connectivity index (χ0) is 18.3. The van der Waals surface area contributed by atoms with Crippen LogP contribution >= 0.6 is 31.9 Å². The van der Waals surface area contributed by atoms with Gasteiger partial charge in [0.1, 0.15) is 0 Å². The largest absolute Gasteiger partial charge is 0.388 e. The fourth-order valence-electron chi connectivity index (χ4n) is 4.70. The minimum atomic E-state index is 0.0865. The minimum Gasteiger partial charge on any atom is -0.388 e. The van der Waals surface area contributed by atoms with Crippen LogP contribution in [0.2, 0.25) is 0 Å². The number of halogens is 2. The van der Waals surface area contributed by atoms with Crippen LogP contribution < -0.4 is 10.6 Å². The van der Waals surface area contributed by atoms with Crippen LogP contribution in [0.5, 0.6) is 0 Å². The summed E-state index contributed by atoms with van der Waals surface area (Å²) < 4.78 is 2.26. The van der Waals surface area contributed by atoms with Crippen molar-refractivity contribution in [2.45, 2.75) is 43.9 Å². The first-order valence-corrected chi connectivity index (χ1v) is 10.8. The number of fused-ring (bicyclic) bond motifs is 4. The summed E-state index contributed by atoms with van der Waals surface area (Å²) in [5, 5.41) is 7.67. The molecule has 5 heteroatoms. The zero-order valence-electron chi connectivity index (χ0n) is 14.7. The van der Waals surface area contributed by atoms with Crippen molar-refractivity contribution in [3.63, 3.8) is 0 Å². The smallest absolute Gasteiger partial charge is 0.0923 e. The van der Waals surface area contributed by atoms with Gasteiger partial charge in [0.25, 0.3) is 0 Å². The van der Waals surface area contributed by atoms with E-state index in [1.165, 1.54) is 54.6 Å². The van der Waals surface area contributed by atoms with Gasteiger partial charge < -0.3 is 10.6 Å². The van der Waals surface area contributed by atoms with Crippen LogP contribution in [-0.4, -0.2) is 12.4 Å².